The third-order valence-electron chi connectivity index (χ3n) is 3.28. The molecule has 0 amide bonds. The van der Waals surface area contributed by atoms with E-state index in [9.17, 15) is 0 Å². The van der Waals surface area contributed by atoms with Crippen LogP contribution in [0.4, 0.5) is 11.4 Å². The molecule has 0 atom stereocenters. The van der Waals surface area contributed by atoms with Crippen LogP contribution < -0.4 is 10.2 Å². The Hall–Kier alpha value is -2.22. The molecule has 0 spiro atoms. The van der Waals surface area contributed by atoms with Crippen molar-refractivity contribution in [1.82, 2.24) is 0 Å². The molecule has 0 saturated heterocycles. The van der Waals surface area contributed by atoms with Gasteiger partial charge in [0, 0.05) is 17.9 Å². The van der Waals surface area contributed by atoms with Gasteiger partial charge in [0.25, 0.3) is 0 Å². The lowest BCUT2D eigenvalue weighted by atomic mass is 10.2. The zero-order chi connectivity index (χ0) is 16.4. The molecule has 1 N–H and O–H groups in total. The van der Waals surface area contributed by atoms with Crippen LogP contribution in [0.15, 0.2) is 67.0 Å². The summed E-state index contributed by atoms with van der Waals surface area (Å²) in [5, 5.41) is 3.36. The Morgan fingerprint density at radius 1 is 0.909 bits per heavy atom. The largest absolute Gasteiger partial charge is 0.342 e. The van der Waals surface area contributed by atoms with Crippen molar-refractivity contribution in [2.24, 2.45) is 0 Å². The topological polar surface area (TPSA) is 15.3 Å². The van der Waals surface area contributed by atoms with Gasteiger partial charge in [-0.3, -0.25) is 0 Å². The summed E-state index contributed by atoms with van der Waals surface area (Å²) in [6, 6.07) is 18.7. The number of nitrogens with zero attached hydrogens (tertiary/aromatic N) is 1. The molecule has 0 saturated carbocycles. The van der Waals surface area contributed by atoms with Gasteiger partial charge >= 0.3 is 0 Å². The number of fused-ring (bicyclic) bond motifs is 1. The molecule has 0 unspecified atom stereocenters. The van der Waals surface area contributed by atoms with Crippen LogP contribution in [0, 0.1) is 0 Å². The molecule has 2 nitrogen and oxygen atoms in total. The lowest BCUT2D eigenvalue weighted by Gasteiger charge is -2.23. The zero-order valence-corrected chi connectivity index (χ0v) is 14.3. The van der Waals surface area contributed by atoms with Crippen molar-refractivity contribution in [2.75, 3.05) is 16.8 Å². The lowest BCUT2D eigenvalue weighted by Crippen LogP contribution is -2.23. The number of para-hydroxylation sites is 2. The minimum Gasteiger partial charge on any atom is -0.342 e. The van der Waals surface area contributed by atoms with Gasteiger partial charge < -0.3 is 10.2 Å². The van der Waals surface area contributed by atoms with Gasteiger partial charge in [0.2, 0.25) is 0 Å². The maximum Gasteiger partial charge on any atom is 0.103 e. The molecule has 0 bridgehead atoms. The highest BCUT2D eigenvalue weighted by Crippen LogP contribution is 2.30. The molecule has 0 radical (unpaired) electrons. The maximum atomic E-state index is 4.15. The smallest absolute Gasteiger partial charge is 0.103 e. The van der Waals surface area contributed by atoms with Crippen LogP contribution in [0.2, 0.25) is 0 Å². The van der Waals surface area contributed by atoms with E-state index in [0.29, 0.717) is 0 Å². The second kappa shape index (κ2) is 9.67. The van der Waals surface area contributed by atoms with E-state index >= 15 is 0 Å². The fourth-order valence-electron chi connectivity index (χ4n) is 2.37. The van der Waals surface area contributed by atoms with Crippen molar-refractivity contribution in [1.29, 1.82) is 0 Å². The van der Waals surface area contributed by atoms with Crippen LogP contribution >= 0.6 is 0 Å². The number of hydrogen-bond acceptors (Lipinski definition) is 2. The Morgan fingerprint density at radius 3 is 2.18 bits per heavy atom. The van der Waals surface area contributed by atoms with Gasteiger partial charge in [-0.15, -0.1) is 0 Å². The van der Waals surface area contributed by atoms with Crippen molar-refractivity contribution >= 4 is 11.4 Å². The van der Waals surface area contributed by atoms with Crippen LogP contribution in [0.3, 0.4) is 0 Å². The van der Waals surface area contributed by atoms with E-state index in [1.165, 1.54) is 11.3 Å². The summed E-state index contributed by atoms with van der Waals surface area (Å²) < 4.78 is 0. The third-order valence-corrected chi connectivity index (χ3v) is 3.28. The molecule has 0 aromatic heterocycles. The van der Waals surface area contributed by atoms with Crippen molar-refractivity contribution in [3.63, 3.8) is 0 Å². The monoisotopic (exact) mass is 296 g/mol. The fourth-order valence-corrected chi connectivity index (χ4v) is 2.37. The number of anilines is 2. The van der Waals surface area contributed by atoms with Gasteiger partial charge in [-0.05, 0) is 30.2 Å². The maximum absolute atomic E-state index is 4.15. The Balaban J connectivity index is 0.000000561. The molecule has 2 aromatic rings. The summed E-state index contributed by atoms with van der Waals surface area (Å²) in [5.41, 5.74) is 3.74. The predicted octanol–water partition coefficient (Wildman–Crippen LogP) is 5.68. The molecule has 0 fully saturated rings. The lowest BCUT2D eigenvalue weighted by molar-refractivity contribution is 0.952. The third kappa shape index (κ3) is 4.39. The van der Waals surface area contributed by atoms with Crippen molar-refractivity contribution in [2.45, 2.75) is 34.1 Å². The summed E-state index contributed by atoms with van der Waals surface area (Å²) in [4.78, 5) is 2.24. The summed E-state index contributed by atoms with van der Waals surface area (Å²) in [5.74, 6) is 0.936. The average molecular weight is 296 g/mol. The fraction of sp³-hybridized carbons (Fsp3) is 0.300. The van der Waals surface area contributed by atoms with E-state index in [0.717, 1.165) is 24.5 Å². The molecule has 22 heavy (non-hydrogen) atoms. The van der Waals surface area contributed by atoms with E-state index in [4.69, 9.17) is 0 Å². The van der Waals surface area contributed by atoms with E-state index in [1.807, 2.05) is 58.0 Å². The number of hydrogen-bond donors (Lipinski definition) is 1. The Bertz CT molecular complexity index is 561. The van der Waals surface area contributed by atoms with Crippen molar-refractivity contribution < 1.29 is 0 Å². The minimum absolute atomic E-state index is 0.936. The molecular weight excluding hydrogens is 268 g/mol. The van der Waals surface area contributed by atoms with Crippen LogP contribution in [0.1, 0.15) is 33.3 Å². The second-order valence-electron chi connectivity index (χ2n) is 4.47. The first-order valence-electron chi connectivity index (χ1n) is 8.21. The van der Waals surface area contributed by atoms with Gasteiger partial charge in [0.15, 0.2) is 0 Å². The molecule has 3 rings (SSSR count). The van der Waals surface area contributed by atoms with Crippen molar-refractivity contribution in [3.05, 3.63) is 72.6 Å². The van der Waals surface area contributed by atoms with Gasteiger partial charge in [0.05, 0.1) is 0 Å². The first kappa shape index (κ1) is 17.8. The van der Waals surface area contributed by atoms with Crippen LogP contribution in [0.25, 0.3) is 0 Å². The molecule has 118 valence electrons. The van der Waals surface area contributed by atoms with E-state index in [1.54, 1.807) is 0 Å². The van der Waals surface area contributed by atoms with Gasteiger partial charge in [-0.2, -0.15) is 0 Å². The van der Waals surface area contributed by atoms with E-state index in [-0.39, 0.29) is 0 Å². The Kier molecular flexibility index (Phi) is 7.84. The minimum atomic E-state index is 0.936. The standard InChI is InChI=1S/C16H16N2.2C2H6/c1-13(17-15-8-3-2-4-9-15)18-12-11-14-7-5-6-10-16(14)18;2*1-2/h2-10,17H,1,11-12H2;2*1-2H3. The zero-order valence-electron chi connectivity index (χ0n) is 14.3. The highest BCUT2D eigenvalue weighted by Gasteiger charge is 2.20. The Labute approximate surface area is 135 Å². The molecule has 1 heterocycles. The number of benzene rings is 2. The van der Waals surface area contributed by atoms with E-state index in [2.05, 4.69) is 41.1 Å². The van der Waals surface area contributed by atoms with Gasteiger partial charge in [-0.25, -0.2) is 0 Å². The van der Waals surface area contributed by atoms with Crippen LogP contribution in [0.5, 0.6) is 0 Å². The molecular formula is C20H28N2. The quantitative estimate of drug-likeness (QED) is 0.783. The molecule has 1 aliphatic rings. The molecule has 1 aliphatic heterocycles. The summed E-state index contributed by atoms with van der Waals surface area (Å²) in [6.07, 6.45) is 1.09. The van der Waals surface area contributed by atoms with Crippen LogP contribution in [-0.2, 0) is 6.42 Å². The number of nitrogens with one attached hydrogen (secondary N) is 1. The first-order chi connectivity index (χ1) is 10.8. The highest BCUT2D eigenvalue weighted by atomic mass is 15.3. The summed E-state index contributed by atoms with van der Waals surface area (Å²) in [7, 11) is 0. The van der Waals surface area contributed by atoms with Gasteiger partial charge in [0.1, 0.15) is 5.82 Å². The summed E-state index contributed by atoms with van der Waals surface area (Å²) >= 11 is 0. The highest BCUT2D eigenvalue weighted by molar-refractivity contribution is 5.64. The molecule has 0 aliphatic carbocycles. The van der Waals surface area contributed by atoms with Gasteiger partial charge in [-0.1, -0.05) is 70.7 Å². The average Bonchev–Trinajstić information content (AvgIpc) is 3.03. The second-order valence-corrected chi connectivity index (χ2v) is 4.47. The first-order valence-corrected chi connectivity index (χ1v) is 8.21. The SMILES string of the molecule is C=C(Nc1ccccc1)N1CCc2ccccc21.CC.CC. The molecule has 2 heteroatoms. The van der Waals surface area contributed by atoms with Crippen LogP contribution in [-0.4, -0.2) is 6.54 Å². The van der Waals surface area contributed by atoms with Crippen molar-refractivity contribution in [3.8, 4) is 0 Å². The van der Waals surface area contributed by atoms with E-state index < -0.39 is 0 Å². The number of rotatable bonds is 3. The Morgan fingerprint density at radius 2 is 1.50 bits per heavy atom. The summed E-state index contributed by atoms with van der Waals surface area (Å²) in [6.45, 7) is 13.1. The molecule has 2 aromatic carbocycles. The predicted molar refractivity (Wildman–Crippen MR) is 99.4 cm³/mol. The normalized spacial score (nSPS) is 11.4.